The van der Waals surface area contributed by atoms with Gasteiger partial charge in [-0.2, -0.15) is 0 Å². The average molecular weight is 248 g/mol. The average Bonchev–Trinajstić information content (AvgIpc) is 2.52. The maximum atomic E-state index is 5.79. The zero-order valence-corrected chi connectivity index (χ0v) is 11.0. The Kier molecular flexibility index (Phi) is 4.18. The molecule has 1 aliphatic heterocycles. The molecule has 1 aromatic rings. The molecule has 1 saturated heterocycles. The zero-order chi connectivity index (χ0) is 10.2. The van der Waals surface area contributed by atoms with Crippen molar-refractivity contribution in [1.29, 1.82) is 0 Å². The monoisotopic (exact) mass is 247 g/mol. The predicted octanol–water partition coefficient (Wildman–Crippen LogP) is 3.12. The fraction of sp³-hybridized carbons (Fsp3) is 0.636. The Bertz CT molecular complexity index is 314. The van der Waals surface area contributed by atoms with Crippen LogP contribution in [0.1, 0.15) is 29.8 Å². The number of hydrogen-bond acceptors (Lipinski definition) is 3. The summed E-state index contributed by atoms with van der Waals surface area (Å²) in [5, 5.41) is 3.43. The molecule has 1 atom stereocenters. The van der Waals surface area contributed by atoms with Crippen molar-refractivity contribution in [3.8, 4) is 0 Å². The highest BCUT2D eigenvalue weighted by Crippen LogP contribution is 2.29. The second kappa shape index (κ2) is 4.83. The van der Waals surface area contributed by atoms with E-state index in [1.807, 2.05) is 0 Å². The minimum Gasteiger partial charge on any atom is -0.358 e. The summed E-state index contributed by atoms with van der Waals surface area (Å²) in [5.41, 5.74) is 0.267. The van der Waals surface area contributed by atoms with Crippen molar-refractivity contribution in [2.45, 2.75) is 27.0 Å². The molecule has 0 radical (unpaired) electrons. The molecule has 4 heteroatoms. The van der Waals surface area contributed by atoms with Crippen LogP contribution in [0.15, 0.2) is 12.1 Å². The summed E-state index contributed by atoms with van der Waals surface area (Å²) in [6, 6.07) is 4.29. The van der Waals surface area contributed by atoms with Crippen molar-refractivity contribution in [1.82, 2.24) is 5.32 Å². The Morgan fingerprint density at radius 3 is 2.67 bits per heavy atom. The Hall–Kier alpha value is -0.0900. The van der Waals surface area contributed by atoms with Gasteiger partial charge < -0.3 is 4.74 Å². The first-order valence-corrected chi connectivity index (χ1v) is 5.80. The number of hydrogen-bond donors (Lipinski definition) is 1. The van der Waals surface area contributed by atoms with Gasteiger partial charge in [0.2, 0.25) is 0 Å². The highest BCUT2D eigenvalue weighted by atomic mass is 35.5. The Balaban J connectivity index is 0.00000112. The van der Waals surface area contributed by atoms with Crippen molar-refractivity contribution in [3.05, 3.63) is 21.9 Å². The van der Waals surface area contributed by atoms with Crippen molar-refractivity contribution >= 4 is 23.7 Å². The molecule has 1 aliphatic rings. The summed E-state index contributed by atoms with van der Waals surface area (Å²) in [4.78, 5) is 2.63. The third-order valence-corrected chi connectivity index (χ3v) is 3.47. The Morgan fingerprint density at radius 1 is 1.47 bits per heavy atom. The number of halogens is 1. The molecule has 0 aromatic carbocycles. The van der Waals surface area contributed by atoms with Gasteiger partial charge in [-0.3, -0.25) is 5.32 Å². The van der Waals surface area contributed by atoms with Crippen LogP contribution in [-0.4, -0.2) is 13.2 Å². The van der Waals surface area contributed by atoms with Crippen molar-refractivity contribution in [2.24, 2.45) is 5.41 Å². The molecule has 0 spiro atoms. The van der Waals surface area contributed by atoms with Crippen LogP contribution >= 0.6 is 23.7 Å². The van der Waals surface area contributed by atoms with Gasteiger partial charge in [-0.25, -0.2) is 0 Å². The third-order valence-electron chi connectivity index (χ3n) is 2.43. The molecule has 15 heavy (non-hydrogen) atoms. The van der Waals surface area contributed by atoms with E-state index in [9.17, 15) is 0 Å². The van der Waals surface area contributed by atoms with Gasteiger partial charge in [-0.1, -0.05) is 13.8 Å². The topological polar surface area (TPSA) is 21.3 Å². The summed E-state index contributed by atoms with van der Waals surface area (Å²) in [6.07, 6.45) is 0.113. The number of nitrogens with one attached hydrogen (secondary N) is 1. The first-order chi connectivity index (χ1) is 6.57. The van der Waals surface area contributed by atoms with E-state index < -0.39 is 0 Å². The van der Waals surface area contributed by atoms with Gasteiger partial charge >= 0.3 is 0 Å². The quantitative estimate of drug-likeness (QED) is 0.824. The van der Waals surface area contributed by atoms with Gasteiger partial charge in [-0.15, -0.1) is 23.7 Å². The van der Waals surface area contributed by atoms with E-state index in [1.54, 1.807) is 11.3 Å². The standard InChI is InChI=1S/C11H17NOS.ClH/c1-8-4-5-9(14-8)10-12-6-11(2,3)7-13-10;/h4-5,10,12H,6-7H2,1-3H3;1H. The molecule has 1 fully saturated rings. The zero-order valence-electron chi connectivity index (χ0n) is 9.37. The van der Waals surface area contributed by atoms with Crippen LogP contribution in [0.3, 0.4) is 0 Å². The molecule has 0 saturated carbocycles. The van der Waals surface area contributed by atoms with E-state index in [0.717, 1.165) is 13.2 Å². The molecule has 86 valence electrons. The molecule has 0 bridgehead atoms. The maximum absolute atomic E-state index is 5.79. The Morgan fingerprint density at radius 2 is 2.20 bits per heavy atom. The summed E-state index contributed by atoms with van der Waals surface area (Å²) in [7, 11) is 0. The van der Waals surface area contributed by atoms with Crippen LogP contribution in [0, 0.1) is 12.3 Å². The molecule has 2 rings (SSSR count). The minimum absolute atomic E-state index is 0. The molecular formula is C11H18ClNOS. The van der Waals surface area contributed by atoms with Gasteiger partial charge in [0, 0.05) is 21.7 Å². The molecule has 2 heterocycles. The number of thiophene rings is 1. The first-order valence-electron chi connectivity index (χ1n) is 4.98. The molecule has 1 unspecified atom stereocenters. The van der Waals surface area contributed by atoms with Gasteiger partial charge in [0.05, 0.1) is 6.61 Å². The summed E-state index contributed by atoms with van der Waals surface area (Å²) in [5.74, 6) is 0. The second-order valence-corrected chi connectivity index (χ2v) is 6.00. The van der Waals surface area contributed by atoms with Crippen molar-refractivity contribution < 1.29 is 4.74 Å². The largest absolute Gasteiger partial charge is 0.358 e. The maximum Gasteiger partial charge on any atom is 0.143 e. The van der Waals surface area contributed by atoms with Crippen molar-refractivity contribution in [3.63, 3.8) is 0 Å². The highest BCUT2D eigenvalue weighted by Gasteiger charge is 2.28. The molecule has 0 aliphatic carbocycles. The smallest absolute Gasteiger partial charge is 0.143 e. The fourth-order valence-corrected chi connectivity index (χ4v) is 2.47. The molecular weight excluding hydrogens is 230 g/mol. The van der Waals surface area contributed by atoms with E-state index in [-0.39, 0.29) is 24.0 Å². The van der Waals surface area contributed by atoms with Crippen molar-refractivity contribution in [2.75, 3.05) is 13.2 Å². The summed E-state index contributed by atoms with van der Waals surface area (Å²) < 4.78 is 5.79. The van der Waals surface area contributed by atoms with Crippen LogP contribution in [0.4, 0.5) is 0 Å². The van der Waals surface area contributed by atoms with Crippen LogP contribution < -0.4 is 5.32 Å². The highest BCUT2D eigenvalue weighted by molar-refractivity contribution is 7.12. The normalized spacial score (nSPS) is 24.6. The lowest BCUT2D eigenvalue weighted by atomic mass is 9.93. The molecule has 1 N–H and O–H groups in total. The van der Waals surface area contributed by atoms with Gasteiger partial charge in [0.15, 0.2) is 0 Å². The number of rotatable bonds is 1. The lowest BCUT2D eigenvalue weighted by Gasteiger charge is -2.35. The lowest BCUT2D eigenvalue weighted by molar-refractivity contribution is -0.0577. The van der Waals surface area contributed by atoms with Gasteiger partial charge in [-0.05, 0) is 19.1 Å². The van der Waals surface area contributed by atoms with Gasteiger partial charge in [0.25, 0.3) is 0 Å². The Labute approximate surface area is 101 Å². The first kappa shape index (κ1) is 13.0. The lowest BCUT2D eigenvalue weighted by Crippen LogP contribution is -2.42. The summed E-state index contributed by atoms with van der Waals surface area (Å²) in [6.45, 7) is 8.42. The SMILES string of the molecule is Cc1ccc(C2NCC(C)(C)CO2)s1.Cl. The second-order valence-electron chi connectivity index (χ2n) is 4.68. The van der Waals surface area contributed by atoms with Crippen LogP contribution in [0.5, 0.6) is 0 Å². The molecule has 2 nitrogen and oxygen atoms in total. The third kappa shape index (κ3) is 3.18. The predicted molar refractivity (Wildman–Crippen MR) is 66.8 cm³/mol. The van der Waals surface area contributed by atoms with Crippen LogP contribution in [0.25, 0.3) is 0 Å². The van der Waals surface area contributed by atoms with E-state index in [0.29, 0.717) is 0 Å². The van der Waals surface area contributed by atoms with E-state index in [4.69, 9.17) is 4.74 Å². The van der Waals surface area contributed by atoms with E-state index in [2.05, 4.69) is 38.2 Å². The fourth-order valence-electron chi connectivity index (χ4n) is 1.56. The number of ether oxygens (including phenoxy) is 1. The number of aryl methyl sites for hydroxylation is 1. The minimum atomic E-state index is 0. The molecule has 0 amide bonds. The van der Waals surface area contributed by atoms with Crippen LogP contribution in [-0.2, 0) is 4.74 Å². The van der Waals surface area contributed by atoms with E-state index >= 15 is 0 Å². The summed E-state index contributed by atoms with van der Waals surface area (Å²) >= 11 is 1.81. The van der Waals surface area contributed by atoms with Crippen LogP contribution in [0.2, 0.25) is 0 Å². The van der Waals surface area contributed by atoms with Gasteiger partial charge in [0.1, 0.15) is 6.23 Å². The molecule has 1 aromatic heterocycles. The van der Waals surface area contributed by atoms with E-state index in [1.165, 1.54) is 9.75 Å².